The van der Waals surface area contributed by atoms with Crippen molar-refractivity contribution in [1.82, 2.24) is 15.1 Å². The van der Waals surface area contributed by atoms with E-state index < -0.39 is 5.60 Å². The molecule has 2 atom stereocenters. The van der Waals surface area contributed by atoms with E-state index in [1.54, 1.807) is 11.3 Å². The highest BCUT2D eigenvalue weighted by molar-refractivity contribution is 7.08. The van der Waals surface area contributed by atoms with E-state index in [2.05, 4.69) is 24.3 Å². The second kappa shape index (κ2) is 6.30. The van der Waals surface area contributed by atoms with E-state index in [1.807, 2.05) is 42.4 Å². The maximum Gasteiger partial charge on any atom is 0.100 e. The molecule has 5 heteroatoms. The minimum absolute atomic E-state index is 0.212. The molecule has 0 fully saturated rings. The van der Waals surface area contributed by atoms with Crippen molar-refractivity contribution in [1.29, 1.82) is 0 Å². The molecule has 0 aliphatic carbocycles. The van der Waals surface area contributed by atoms with Gasteiger partial charge >= 0.3 is 0 Å². The second-order valence-corrected chi connectivity index (χ2v) is 6.62. The van der Waals surface area contributed by atoms with Crippen LogP contribution in [0, 0.1) is 13.8 Å². The van der Waals surface area contributed by atoms with E-state index in [9.17, 15) is 5.11 Å². The van der Waals surface area contributed by atoms with E-state index in [-0.39, 0.29) is 6.04 Å². The molecule has 0 saturated heterocycles. The van der Waals surface area contributed by atoms with Gasteiger partial charge in [0, 0.05) is 30.9 Å². The van der Waals surface area contributed by atoms with Crippen LogP contribution in [-0.2, 0) is 12.6 Å². The van der Waals surface area contributed by atoms with Crippen LogP contribution in [0.3, 0.4) is 0 Å². The fraction of sp³-hybridized carbons (Fsp3) is 0.562. The van der Waals surface area contributed by atoms with Gasteiger partial charge in [-0.1, -0.05) is 6.92 Å². The quantitative estimate of drug-likeness (QED) is 0.862. The Balaban J connectivity index is 2.13. The lowest BCUT2D eigenvalue weighted by Gasteiger charge is -2.27. The number of aromatic nitrogens is 2. The van der Waals surface area contributed by atoms with E-state index in [1.165, 1.54) is 11.3 Å². The van der Waals surface area contributed by atoms with Gasteiger partial charge in [0.05, 0.1) is 5.69 Å². The summed E-state index contributed by atoms with van der Waals surface area (Å²) in [6.07, 6.45) is 0.965. The Hall–Kier alpha value is -1.17. The Morgan fingerprint density at radius 2 is 2.19 bits per heavy atom. The Morgan fingerprint density at radius 1 is 1.48 bits per heavy atom. The summed E-state index contributed by atoms with van der Waals surface area (Å²) in [4.78, 5) is 0. The lowest BCUT2D eigenvalue weighted by Crippen LogP contribution is -2.37. The number of hydrogen-bond acceptors (Lipinski definition) is 4. The first-order valence-corrected chi connectivity index (χ1v) is 8.29. The first kappa shape index (κ1) is 16.2. The molecule has 2 heterocycles. The molecule has 2 rings (SSSR count). The molecule has 0 aliphatic heterocycles. The molecular weight excluding hydrogens is 282 g/mol. The SMILES string of the molecule is CCC(NCC(C)(O)c1ccsc1)c1c(C)nn(C)c1C. The van der Waals surface area contributed by atoms with Gasteiger partial charge in [0.25, 0.3) is 0 Å². The summed E-state index contributed by atoms with van der Waals surface area (Å²) in [6, 6.07) is 2.19. The Morgan fingerprint density at radius 3 is 2.67 bits per heavy atom. The average molecular weight is 307 g/mol. The molecule has 2 aromatic heterocycles. The first-order chi connectivity index (χ1) is 9.86. The third kappa shape index (κ3) is 3.36. The molecule has 0 radical (unpaired) electrons. The van der Waals surface area contributed by atoms with E-state index in [0.29, 0.717) is 6.54 Å². The van der Waals surface area contributed by atoms with Crippen LogP contribution in [0.15, 0.2) is 16.8 Å². The number of rotatable bonds is 6. The second-order valence-electron chi connectivity index (χ2n) is 5.84. The van der Waals surface area contributed by atoms with Crippen LogP contribution in [0.1, 0.15) is 48.8 Å². The van der Waals surface area contributed by atoms with Crippen LogP contribution in [-0.4, -0.2) is 21.4 Å². The van der Waals surface area contributed by atoms with Crippen molar-refractivity contribution in [3.05, 3.63) is 39.3 Å². The zero-order valence-corrected chi connectivity index (χ0v) is 14.3. The van der Waals surface area contributed by atoms with Gasteiger partial charge in [-0.15, -0.1) is 0 Å². The van der Waals surface area contributed by atoms with Crippen molar-refractivity contribution < 1.29 is 5.11 Å². The van der Waals surface area contributed by atoms with Crippen molar-refractivity contribution in [3.63, 3.8) is 0 Å². The third-order valence-electron chi connectivity index (χ3n) is 4.16. The topological polar surface area (TPSA) is 50.1 Å². The van der Waals surface area contributed by atoms with Crippen LogP contribution in [0.5, 0.6) is 0 Å². The molecule has 2 N–H and O–H groups in total. The molecular formula is C16H25N3OS. The van der Waals surface area contributed by atoms with Crippen molar-refractivity contribution in [3.8, 4) is 0 Å². The maximum absolute atomic E-state index is 10.6. The predicted molar refractivity (Wildman–Crippen MR) is 87.6 cm³/mol. The molecule has 2 aromatic rings. The number of hydrogen-bond donors (Lipinski definition) is 2. The summed E-state index contributed by atoms with van der Waals surface area (Å²) in [7, 11) is 1.97. The van der Waals surface area contributed by atoms with Crippen molar-refractivity contribution in [2.45, 2.75) is 45.8 Å². The molecule has 0 spiro atoms. The average Bonchev–Trinajstić information content (AvgIpc) is 3.03. The smallest absolute Gasteiger partial charge is 0.100 e. The van der Waals surface area contributed by atoms with Crippen molar-refractivity contribution in [2.75, 3.05) is 6.54 Å². The van der Waals surface area contributed by atoms with Gasteiger partial charge in [-0.2, -0.15) is 16.4 Å². The Labute approximate surface area is 130 Å². The zero-order valence-electron chi connectivity index (χ0n) is 13.5. The molecule has 0 bridgehead atoms. The number of aryl methyl sites for hydroxylation is 2. The molecule has 116 valence electrons. The van der Waals surface area contributed by atoms with Gasteiger partial charge in [0.15, 0.2) is 0 Å². The Bertz CT molecular complexity index is 587. The first-order valence-electron chi connectivity index (χ1n) is 7.35. The minimum Gasteiger partial charge on any atom is -0.384 e. The standard InChI is InChI=1S/C16H25N3OS/c1-6-14(15-11(2)18-19(5)12(15)3)17-10-16(4,20)13-7-8-21-9-13/h7-9,14,17,20H,6,10H2,1-5H3. The lowest BCUT2D eigenvalue weighted by molar-refractivity contribution is 0.0540. The van der Waals surface area contributed by atoms with Gasteiger partial charge in [-0.05, 0) is 49.6 Å². The molecule has 21 heavy (non-hydrogen) atoms. The van der Waals surface area contributed by atoms with Gasteiger partial charge in [-0.3, -0.25) is 4.68 Å². The molecule has 4 nitrogen and oxygen atoms in total. The Kier molecular flexibility index (Phi) is 4.86. The molecule has 2 unspecified atom stereocenters. The van der Waals surface area contributed by atoms with Crippen LogP contribution < -0.4 is 5.32 Å². The monoisotopic (exact) mass is 307 g/mol. The number of thiophene rings is 1. The number of nitrogens with one attached hydrogen (secondary N) is 1. The summed E-state index contributed by atoms with van der Waals surface area (Å²) in [5, 5.41) is 22.6. The highest BCUT2D eigenvalue weighted by Crippen LogP contribution is 2.27. The third-order valence-corrected chi connectivity index (χ3v) is 4.84. The fourth-order valence-corrected chi connectivity index (χ4v) is 3.52. The van der Waals surface area contributed by atoms with Gasteiger partial charge in [0.1, 0.15) is 5.60 Å². The lowest BCUT2D eigenvalue weighted by atomic mass is 9.97. The highest BCUT2D eigenvalue weighted by Gasteiger charge is 2.26. The predicted octanol–water partition coefficient (Wildman–Crippen LogP) is 3.05. The summed E-state index contributed by atoms with van der Waals surface area (Å²) in [6.45, 7) is 8.68. The van der Waals surface area contributed by atoms with E-state index in [0.717, 1.165) is 17.7 Å². The minimum atomic E-state index is -0.850. The fourth-order valence-electron chi connectivity index (χ4n) is 2.74. The summed E-state index contributed by atoms with van der Waals surface area (Å²) < 4.78 is 1.92. The number of aliphatic hydroxyl groups is 1. The number of nitrogens with zero attached hydrogens (tertiary/aromatic N) is 2. The van der Waals surface area contributed by atoms with Crippen LogP contribution in [0.4, 0.5) is 0 Å². The summed E-state index contributed by atoms with van der Waals surface area (Å²) >= 11 is 1.61. The van der Waals surface area contributed by atoms with E-state index in [4.69, 9.17) is 0 Å². The summed E-state index contributed by atoms with van der Waals surface area (Å²) in [5.74, 6) is 0. The molecule has 0 aromatic carbocycles. The summed E-state index contributed by atoms with van der Waals surface area (Å²) in [5.41, 5.74) is 3.61. The van der Waals surface area contributed by atoms with Crippen LogP contribution >= 0.6 is 11.3 Å². The molecule has 0 saturated carbocycles. The van der Waals surface area contributed by atoms with Crippen LogP contribution in [0.2, 0.25) is 0 Å². The zero-order chi connectivity index (χ0) is 15.6. The maximum atomic E-state index is 10.6. The highest BCUT2D eigenvalue weighted by atomic mass is 32.1. The van der Waals surface area contributed by atoms with Crippen molar-refractivity contribution in [2.24, 2.45) is 7.05 Å². The van der Waals surface area contributed by atoms with Crippen LogP contribution in [0.25, 0.3) is 0 Å². The van der Waals surface area contributed by atoms with Gasteiger partial charge in [-0.25, -0.2) is 0 Å². The van der Waals surface area contributed by atoms with Gasteiger partial charge in [0.2, 0.25) is 0 Å². The normalized spacial score (nSPS) is 15.9. The molecule has 0 amide bonds. The largest absolute Gasteiger partial charge is 0.384 e. The van der Waals surface area contributed by atoms with E-state index >= 15 is 0 Å². The van der Waals surface area contributed by atoms with Crippen molar-refractivity contribution >= 4 is 11.3 Å². The van der Waals surface area contributed by atoms with Gasteiger partial charge < -0.3 is 10.4 Å². The molecule has 0 aliphatic rings.